The monoisotopic (exact) mass is 274 g/mol. The fraction of sp³-hybridized carbons (Fsp3) is 0.625. The van der Waals surface area contributed by atoms with E-state index in [9.17, 15) is 0 Å². The lowest BCUT2D eigenvalue weighted by Crippen LogP contribution is -2.08. The van der Waals surface area contributed by atoms with Crippen LogP contribution in [0, 0.1) is 5.89 Å². The Balaban J connectivity index is 2.44. The molecule has 0 amide bonds. The summed E-state index contributed by atoms with van der Waals surface area (Å²) in [4.78, 5) is 0.604. The Morgan fingerprint density at radius 2 is 2.17 bits per heavy atom. The van der Waals surface area contributed by atoms with Crippen molar-refractivity contribution in [1.29, 1.82) is 0 Å². The second-order valence-corrected chi connectivity index (χ2v) is 4.98. The zero-order valence-corrected chi connectivity index (χ0v) is 10.9. The molecule has 2 N–H and O–H groups in total. The van der Waals surface area contributed by atoms with E-state index in [1.807, 2.05) is 6.07 Å². The molecule has 1 aromatic carbocycles. The fourth-order valence-electron chi connectivity index (χ4n) is 1.60. The highest BCUT2D eigenvalue weighted by atomic mass is 32.2. The molecule has 0 atom stereocenters. The van der Waals surface area contributed by atoms with Crippen LogP contribution in [0.25, 0.3) is 0 Å². The molecule has 0 aliphatic heterocycles. The highest BCUT2D eigenvalue weighted by Crippen LogP contribution is 2.30. The molecule has 1 aliphatic carbocycles. The predicted molar refractivity (Wildman–Crippen MR) is 81.1 cm³/mol. The molecule has 0 saturated heterocycles. The van der Waals surface area contributed by atoms with E-state index in [0.29, 0.717) is 17.9 Å². The molecule has 0 aromatic heterocycles. The Morgan fingerprint density at radius 1 is 1.33 bits per heavy atom. The van der Waals surface area contributed by atoms with Crippen LogP contribution in [0.2, 0.25) is 0 Å². The van der Waals surface area contributed by atoms with Gasteiger partial charge in [0.05, 0.1) is 0 Å². The Bertz CT molecular complexity index is 720. The molecular weight excluding hydrogens is 238 g/mol. The van der Waals surface area contributed by atoms with Crippen LogP contribution in [0.5, 0.6) is 0 Å². The molecule has 1 saturated carbocycles. The van der Waals surface area contributed by atoms with E-state index in [4.69, 9.17) is 20.8 Å². The number of aryl methyl sites for hydroxylation is 1. The average molecular weight is 275 g/mol. The number of benzene rings is 1. The molecular formula is C16H25NS. The molecule has 1 nitrogen and oxygen atoms in total. The van der Waals surface area contributed by atoms with Crippen molar-refractivity contribution in [1.82, 2.24) is 0 Å². The minimum Gasteiger partial charge on any atom is -0.330 e. The molecule has 100 valence electrons. The first kappa shape index (κ1) is 5.49. The molecule has 0 radical (unpaired) electrons. The molecule has 2 heteroatoms. The van der Waals surface area contributed by atoms with E-state index in [2.05, 4.69) is 0 Å². The van der Waals surface area contributed by atoms with Gasteiger partial charge in [-0.1, -0.05) is 31.3 Å². The standard InChI is InChI=1S/C16H25NS/c17-11-5-9-14-8-4-10-16(12-14)18-13-15-6-2-1-3-7-15/h4,8,10,12,15H,1-3,5-7,9,11,13,17H2/i1D2,2D2,3D2,6D2,7D2,15D. The maximum Gasteiger partial charge on any atom is 0.0311 e. The summed E-state index contributed by atoms with van der Waals surface area (Å²) < 4.78 is 89.0. The average Bonchev–Trinajstić information content (AvgIpc) is 2.63. The van der Waals surface area contributed by atoms with Crippen molar-refractivity contribution in [2.24, 2.45) is 11.6 Å². The van der Waals surface area contributed by atoms with Crippen LogP contribution in [-0.4, -0.2) is 12.3 Å². The largest absolute Gasteiger partial charge is 0.330 e. The first-order valence-corrected chi connectivity index (χ1v) is 6.92. The molecule has 18 heavy (non-hydrogen) atoms. The first-order chi connectivity index (χ1) is 13.0. The van der Waals surface area contributed by atoms with Gasteiger partial charge in [-0.2, -0.15) is 0 Å². The van der Waals surface area contributed by atoms with Gasteiger partial charge < -0.3 is 5.73 Å². The van der Waals surface area contributed by atoms with E-state index in [1.54, 1.807) is 18.2 Å². The summed E-state index contributed by atoms with van der Waals surface area (Å²) >= 11 is 0.925. The van der Waals surface area contributed by atoms with E-state index >= 15 is 0 Å². The van der Waals surface area contributed by atoms with Crippen molar-refractivity contribution in [2.75, 3.05) is 12.3 Å². The Labute approximate surface area is 131 Å². The van der Waals surface area contributed by atoms with Crippen LogP contribution in [0.1, 0.15) is 58.9 Å². The number of hydrogen-bond donors (Lipinski definition) is 1. The maximum atomic E-state index is 8.59. The number of rotatable bonds is 6. The Kier molecular flexibility index (Phi) is 2.40. The Hall–Kier alpha value is -0.470. The van der Waals surface area contributed by atoms with E-state index in [0.717, 1.165) is 23.7 Å². The molecule has 1 aliphatic rings. The molecule has 2 rings (SSSR count). The van der Waals surface area contributed by atoms with Gasteiger partial charge in [0.1, 0.15) is 0 Å². The first-order valence-electron chi connectivity index (χ1n) is 11.4. The van der Waals surface area contributed by atoms with Gasteiger partial charge in [0.2, 0.25) is 0 Å². The van der Waals surface area contributed by atoms with Crippen LogP contribution < -0.4 is 5.73 Å². The van der Waals surface area contributed by atoms with Crippen LogP contribution in [0.15, 0.2) is 29.2 Å². The maximum absolute atomic E-state index is 8.59. The zero-order chi connectivity index (χ0) is 22.5. The van der Waals surface area contributed by atoms with Crippen LogP contribution in [0.4, 0.5) is 0 Å². The van der Waals surface area contributed by atoms with Gasteiger partial charge in [0, 0.05) is 25.7 Å². The topological polar surface area (TPSA) is 26.0 Å². The van der Waals surface area contributed by atoms with Crippen molar-refractivity contribution >= 4 is 11.8 Å². The smallest absolute Gasteiger partial charge is 0.0311 e. The van der Waals surface area contributed by atoms with E-state index in [-0.39, 0.29) is 0 Å². The predicted octanol–water partition coefficient (Wildman–Crippen LogP) is 4.25. The number of nitrogens with two attached hydrogens (primary N) is 1. The molecule has 0 unspecified atom stereocenters. The minimum atomic E-state index is -3.48. The SMILES string of the molecule is [2H]C1([2H])C([2H])([2H])C([2H])([2H])C([2H])(CSc2cccc(CCCN)c2)C([2H])([2H])C1([2H])[2H]. The van der Waals surface area contributed by atoms with Gasteiger partial charge in [-0.3, -0.25) is 0 Å². The van der Waals surface area contributed by atoms with Gasteiger partial charge >= 0.3 is 0 Å². The van der Waals surface area contributed by atoms with Crippen molar-refractivity contribution in [3.05, 3.63) is 29.8 Å². The number of hydrogen-bond acceptors (Lipinski definition) is 2. The molecule has 0 heterocycles. The van der Waals surface area contributed by atoms with Crippen LogP contribution in [-0.2, 0) is 6.42 Å². The van der Waals surface area contributed by atoms with Crippen molar-refractivity contribution < 1.29 is 15.1 Å². The summed E-state index contributed by atoms with van der Waals surface area (Å²) in [5, 5.41) is 0. The van der Waals surface area contributed by atoms with E-state index < -0.39 is 43.5 Å². The third-order valence-electron chi connectivity index (χ3n) is 2.50. The third-order valence-corrected chi connectivity index (χ3v) is 3.52. The summed E-state index contributed by atoms with van der Waals surface area (Å²) in [6, 6.07) is 7.12. The lowest BCUT2D eigenvalue weighted by Gasteiger charge is -2.21. The fourth-order valence-corrected chi connectivity index (χ4v) is 2.47. The summed E-state index contributed by atoms with van der Waals surface area (Å²) in [5.74, 6) is -3.49. The summed E-state index contributed by atoms with van der Waals surface area (Å²) in [5.41, 5.74) is 6.46. The summed E-state index contributed by atoms with van der Waals surface area (Å²) in [7, 11) is 0. The Morgan fingerprint density at radius 3 is 2.94 bits per heavy atom. The van der Waals surface area contributed by atoms with Gasteiger partial charge in [-0.05, 0) is 55.7 Å². The van der Waals surface area contributed by atoms with Crippen LogP contribution >= 0.6 is 11.8 Å². The normalized spacial score (nSPS) is 41.7. The summed E-state index contributed by atoms with van der Waals surface area (Å²) in [6.45, 7) is 0.514. The lowest BCUT2D eigenvalue weighted by molar-refractivity contribution is 0.391. The second kappa shape index (κ2) is 7.85. The molecule has 0 bridgehead atoms. The highest BCUT2D eigenvalue weighted by molar-refractivity contribution is 7.99. The van der Waals surface area contributed by atoms with Crippen molar-refractivity contribution in [3.63, 3.8) is 0 Å². The molecule has 1 fully saturated rings. The van der Waals surface area contributed by atoms with Crippen molar-refractivity contribution in [3.8, 4) is 0 Å². The van der Waals surface area contributed by atoms with Crippen molar-refractivity contribution in [2.45, 2.75) is 49.6 Å². The minimum absolute atomic E-state index is 0.514. The molecule has 1 aromatic rings. The highest BCUT2D eigenvalue weighted by Gasteiger charge is 2.13. The third kappa shape index (κ3) is 4.66. The van der Waals surface area contributed by atoms with Gasteiger partial charge in [0.25, 0.3) is 0 Å². The second-order valence-electron chi connectivity index (χ2n) is 3.93. The van der Waals surface area contributed by atoms with Crippen LogP contribution in [0.3, 0.4) is 0 Å². The van der Waals surface area contributed by atoms with Gasteiger partial charge in [-0.15, -0.1) is 11.8 Å². The lowest BCUT2D eigenvalue weighted by atomic mass is 9.91. The number of thioether (sulfide) groups is 1. The molecule has 0 spiro atoms. The summed E-state index contributed by atoms with van der Waals surface area (Å²) in [6.07, 6.45) is -15.5. The quantitative estimate of drug-likeness (QED) is 0.785. The van der Waals surface area contributed by atoms with E-state index in [1.165, 1.54) is 0 Å². The zero-order valence-electron chi connectivity index (χ0n) is 21.1. The van der Waals surface area contributed by atoms with Gasteiger partial charge in [-0.25, -0.2) is 0 Å². The van der Waals surface area contributed by atoms with Gasteiger partial charge in [0.15, 0.2) is 0 Å².